The maximum absolute atomic E-state index is 11.9. The molecule has 103 valence electrons. The second-order valence-electron chi connectivity index (χ2n) is 4.01. The highest BCUT2D eigenvalue weighted by molar-refractivity contribution is 5.73. The molecule has 0 aliphatic heterocycles. The van der Waals surface area contributed by atoms with E-state index in [4.69, 9.17) is 14.2 Å². The molecule has 0 bridgehead atoms. The van der Waals surface area contributed by atoms with Gasteiger partial charge in [0, 0.05) is 13.2 Å². The van der Waals surface area contributed by atoms with E-state index in [0.29, 0.717) is 5.75 Å². The monoisotopic (exact) mass is 271 g/mol. The van der Waals surface area contributed by atoms with Gasteiger partial charge in [0.2, 0.25) is 0 Å². The first kappa shape index (κ1) is 14.1. The van der Waals surface area contributed by atoms with Gasteiger partial charge >= 0.3 is 5.97 Å². The highest BCUT2D eigenvalue weighted by Crippen LogP contribution is 2.12. The zero-order chi connectivity index (χ0) is 14.2. The summed E-state index contributed by atoms with van der Waals surface area (Å²) in [6.45, 7) is 0.182. The van der Waals surface area contributed by atoms with Crippen LogP contribution in [-0.4, -0.2) is 19.4 Å². The minimum absolute atomic E-state index is 0.182. The molecule has 0 heterocycles. The summed E-state index contributed by atoms with van der Waals surface area (Å²) in [6.07, 6.45) is -1.10. The molecule has 4 heteroatoms. The Kier molecular flexibility index (Phi) is 5.15. The van der Waals surface area contributed by atoms with Gasteiger partial charge in [-0.15, -0.1) is 0 Å². The average molecular weight is 271 g/mol. The minimum Gasteiger partial charge on any atom is -0.456 e. The number of methoxy groups -OCH3 is 1. The number of benzene rings is 2. The van der Waals surface area contributed by atoms with Gasteiger partial charge in [0.25, 0.3) is 6.29 Å². The lowest BCUT2D eigenvalue weighted by Gasteiger charge is -2.16. The van der Waals surface area contributed by atoms with Crippen molar-refractivity contribution in [2.24, 2.45) is 0 Å². The molecule has 20 heavy (non-hydrogen) atoms. The Labute approximate surface area is 117 Å². The van der Waals surface area contributed by atoms with E-state index in [9.17, 15) is 4.79 Å². The fourth-order valence-corrected chi connectivity index (χ4v) is 1.55. The Balaban J connectivity index is 1.89. The van der Waals surface area contributed by atoms with Gasteiger partial charge in [0.1, 0.15) is 12.4 Å². The number of carbonyl (C=O) groups excluding carboxylic acids is 1. The Bertz CT molecular complexity index is 525. The third-order valence-corrected chi connectivity index (χ3v) is 2.54. The Morgan fingerprint density at radius 1 is 1.15 bits per heavy atom. The summed E-state index contributed by atoms with van der Waals surface area (Å²) in [6, 6.07) is 19.2. The maximum atomic E-state index is 11.9. The molecule has 1 atom stereocenters. The smallest absolute Gasteiger partial charge is 0.376 e. The predicted molar refractivity (Wildman–Crippen MR) is 72.9 cm³/mol. The molecule has 1 radical (unpaired) electrons. The van der Waals surface area contributed by atoms with Crippen molar-refractivity contribution in [2.45, 2.75) is 12.9 Å². The lowest BCUT2D eigenvalue weighted by atomic mass is 10.2. The van der Waals surface area contributed by atoms with Crippen molar-refractivity contribution in [3.8, 4) is 5.75 Å². The zero-order valence-corrected chi connectivity index (χ0v) is 11.1. The molecular formula is C16H15O4. The van der Waals surface area contributed by atoms with Crippen molar-refractivity contribution in [2.75, 3.05) is 7.11 Å². The Morgan fingerprint density at radius 3 is 2.55 bits per heavy atom. The van der Waals surface area contributed by atoms with E-state index in [0.717, 1.165) is 5.56 Å². The summed E-state index contributed by atoms with van der Waals surface area (Å²) in [5.41, 5.74) is 0.905. The van der Waals surface area contributed by atoms with Gasteiger partial charge in [-0.05, 0) is 11.6 Å². The van der Waals surface area contributed by atoms with Gasteiger partial charge in [-0.25, -0.2) is 4.79 Å². The molecule has 1 unspecified atom stereocenters. The number of hydrogen-bond donors (Lipinski definition) is 0. The van der Waals surface area contributed by atoms with E-state index in [1.165, 1.54) is 7.11 Å². The first-order chi connectivity index (χ1) is 9.79. The molecule has 2 aromatic rings. The van der Waals surface area contributed by atoms with Crippen LogP contribution in [-0.2, 0) is 20.9 Å². The Morgan fingerprint density at radius 2 is 1.90 bits per heavy atom. The molecule has 0 aromatic heterocycles. The van der Waals surface area contributed by atoms with Crippen LogP contribution < -0.4 is 4.74 Å². The highest BCUT2D eigenvalue weighted by atomic mass is 16.7. The summed E-state index contributed by atoms with van der Waals surface area (Å²) in [5.74, 6) is -0.149. The van der Waals surface area contributed by atoms with Crippen molar-refractivity contribution in [3.63, 3.8) is 0 Å². The van der Waals surface area contributed by atoms with E-state index in [1.807, 2.05) is 36.4 Å². The van der Waals surface area contributed by atoms with Crippen LogP contribution in [0, 0.1) is 6.07 Å². The predicted octanol–water partition coefficient (Wildman–Crippen LogP) is 2.58. The molecule has 0 N–H and O–H groups in total. The summed E-state index contributed by atoms with van der Waals surface area (Å²) in [4.78, 5) is 11.9. The molecule has 0 aliphatic carbocycles. The second-order valence-corrected chi connectivity index (χ2v) is 4.01. The highest BCUT2D eigenvalue weighted by Gasteiger charge is 2.21. The molecule has 2 aromatic carbocycles. The van der Waals surface area contributed by atoms with Crippen molar-refractivity contribution in [1.29, 1.82) is 0 Å². The fourth-order valence-electron chi connectivity index (χ4n) is 1.55. The first-order valence-corrected chi connectivity index (χ1v) is 6.16. The largest absolute Gasteiger partial charge is 0.456 e. The summed E-state index contributed by atoms with van der Waals surface area (Å²) < 4.78 is 15.5. The van der Waals surface area contributed by atoms with Gasteiger partial charge in [0.15, 0.2) is 0 Å². The van der Waals surface area contributed by atoms with Gasteiger partial charge in [-0.3, -0.25) is 0 Å². The molecule has 2 rings (SSSR count). The van der Waals surface area contributed by atoms with Crippen LogP contribution in [0.1, 0.15) is 5.56 Å². The zero-order valence-electron chi connectivity index (χ0n) is 11.1. The van der Waals surface area contributed by atoms with Gasteiger partial charge in [-0.2, -0.15) is 0 Å². The standard InChI is InChI=1S/C16H15O4/c1-18-16(20-14-10-6-3-7-11-14)15(17)19-12-13-8-4-2-5-9-13/h2-10,16H,12H2,1H3. The van der Waals surface area contributed by atoms with Crippen LogP contribution in [0.15, 0.2) is 54.6 Å². The van der Waals surface area contributed by atoms with Crippen LogP contribution >= 0.6 is 0 Å². The molecule has 0 fully saturated rings. The number of ether oxygens (including phenoxy) is 3. The molecule has 0 saturated heterocycles. The topological polar surface area (TPSA) is 44.8 Å². The molecule has 0 saturated carbocycles. The Hall–Kier alpha value is -2.33. The van der Waals surface area contributed by atoms with E-state index in [-0.39, 0.29) is 6.61 Å². The average Bonchev–Trinajstić information content (AvgIpc) is 2.52. The van der Waals surface area contributed by atoms with Gasteiger partial charge < -0.3 is 14.2 Å². The SMILES string of the molecule is COC(Oc1[c]cccc1)C(=O)OCc1ccccc1. The van der Waals surface area contributed by atoms with Crippen LogP contribution in [0.4, 0.5) is 0 Å². The van der Waals surface area contributed by atoms with Crippen molar-refractivity contribution < 1.29 is 19.0 Å². The van der Waals surface area contributed by atoms with E-state index in [2.05, 4.69) is 6.07 Å². The number of esters is 1. The third-order valence-electron chi connectivity index (χ3n) is 2.54. The molecular weight excluding hydrogens is 256 g/mol. The first-order valence-electron chi connectivity index (χ1n) is 6.16. The van der Waals surface area contributed by atoms with E-state index in [1.54, 1.807) is 18.2 Å². The molecule has 0 spiro atoms. The normalized spacial score (nSPS) is 11.7. The lowest BCUT2D eigenvalue weighted by Crippen LogP contribution is -2.31. The maximum Gasteiger partial charge on any atom is 0.376 e. The van der Waals surface area contributed by atoms with E-state index >= 15 is 0 Å². The van der Waals surface area contributed by atoms with Crippen LogP contribution in [0.25, 0.3) is 0 Å². The number of hydrogen-bond acceptors (Lipinski definition) is 4. The summed E-state index contributed by atoms with van der Waals surface area (Å²) >= 11 is 0. The molecule has 0 amide bonds. The van der Waals surface area contributed by atoms with E-state index < -0.39 is 12.3 Å². The third kappa shape index (κ3) is 4.10. The molecule has 0 aliphatic rings. The van der Waals surface area contributed by atoms with Gasteiger partial charge in [-0.1, -0.05) is 48.5 Å². The number of para-hydroxylation sites is 1. The summed E-state index contributed by atoms with van der Waals surface area (Å²) in [5, 5.41) is 0. The summed E-state index contributed by atoms with van der Waals surface area (Å²) in [7, 11) is 1.39. The van der Waals surface area contributed by atoms with Crippen molar-refractivity contribution in [3.05, 3.63) is 66.2 Å². The van der Waals surface area contributed by atoms with Crippen LogP contribution in [0.3, 0.4) is 0 Å². The van der Waals surface area contributed by atoms with Crippen LogP contribution in [0.2, 0.25) is 0 Å². The number of rotatable bonds is 6. The number of carbonyl (C=O) groups is 1. The second kappa shape index (κ2) is 7.31. The minimum atomic E-state index is -1.10. The van der Waals surface area contributed by atoms with Crippen molar-refractivity contribution >= 4 is 5.97 Å². The quantitative estimate of drug-likeness (QED) is 0.598. The lowest BCUT2D eigenvalue weighted by molar-refractivity contribution is -0.174. The van der Waals surface area contributed by atoms with Gasteiger partial charge in [0.05, 0.1) is 0 Å². The van der Waals surface area contributed by atoms with Crippen molar-refractivity contribution in [1.82, 2.24) is 0 Å². The molecule has 4 nitrogen and oxygen atoms in total. The fraction of sp³-hybridized carbons (Fsp3) is 0.188. The van der Waals surface area contributed by atoms with Crippen LogP contribution in [0.5, 0.6) is 5.75 Å².